The van der Waals surface area contributed by atoms with E-state index in [0.717, 1.165) is 5.92 Å². The molecule has 0 spiro atoms. The summed E-state index contributed by atoms with van der Waals surface area (Å²) in [5.74, 6) is 0.848. The van der Waals surface area contributed by atoms with E-state index in [1.54, 1.807) is 0 Å². The van der Waals surface area contributed by atoms with Crippen LogP contribution in [0.25, 0.3) is 0 Å². The minimum Gasteiger partial charge on any atom is -0.400 e. The summed E-state index contributed by atoms with van der Waals surface area (Å²) in [6.07, 6.45) is 4.34. The predicted molar refractivity (Wildman–Crippen MR) is 67.4 cm³/mol. The lowest BCUT2D eigenvalue weighted by Crippen LogP contribution is -2.42. The van der Waals surface area contributed by atoms with Crippen molar-refractivity contribution >= 4 is 18.7 Å². The molecule has 0 aliphatic heterocycles. The van der Waals surface area contributed by atoms with Crippen LogP contribution in [0.2, 0.25) is 13.1 Å². The van der Waals surface area contributed by atoms with Crippen molar-refractivity contribution in [3.05, 3.63) is 0 Å². The minimum absolute atomic E-state index is 0.358. The monoisotopic (exact) mass is 246 g/mol. The Labute approximate surface area is 99.4 Å². The third-order valence-corrected chi connectivity index (χ3v) is 6.25. The van der Waals surface area contributed by atoms with E-state index in [1.165, 1.54) is 19.3 Å². The minimum atomic E-state index is -1.90. The number of hydrogen-bond acceptors (Lipinski definition) is 1. The number of fused-ring (bicyclic) bond motifs is 2. The van der Waals surface area contributed by atoms with Gasteiger partial charge in [-0.15, -0.1) is 11.1 Å². The Hall–Kier alpha value is 0.467. The zero-order valence-electron chi connectivity index (χ0n) is 10.6. The average molecular weight is 247 g/mol. The molecule has 3 atom stereocenters. The maximum Gasteiger partial charge on any atom is 0.284 e. The fraction of sp³-hybridized carbons (Fsp3) is 1.00. The van der Waals surface area contributed by atoms with Gasteiger partial charge in [0.2, 0.25) is 0 Å². The van der Waals surface area contributed by atoms with E-state index in [2.05, 4.69) is 33.9 Å². The first kappa shape index (κ1) is 11.9. The molecule has 2 aliphatic carbocycles. The summed E-state index contributed by atoms with van der Waals surface area (Å²) in [7, 11) is -1.90. The molecule has 0 aromatic rings. The smallest absolute Gasteiger partial charge is 0.284 e. The van der Waals surface area contributed by atoms with Gasteiger partial charge in [-0.3, -0.25) is 0 Å². The van der Waals surface area contributed by atoms with Crippen LogP contribution >= 0.6 is 11.1 Å². The fourth-order valence-electron chi connectivity index (χ4n) is 3.65. The third kappa shape index (κ3) is 1.69. The standard InChI is InChI=1S/C12H23ClOSi/c1-11(2)9-6-7-12(11,3)10(8-9)14-15(4,5)13/h9-10H,6-8H2,1-5H3. The average Bonchev–Trinajstić information content (AvgIpc) is 2.34. The molecule has 0 aromatic carbocycles. The van der Waals surface area contributed by atoms with Crippen molar-refractivity contribution in [2.75, 3.05) is 0 Å². The van der Waals surface area contributed by atoms with Crippen molar-refractivity contribution in [3.63, 3.8) is 0 Å². The third-order valence-electron chi connectivity index (χ3n) is 5.14. The van der Waals surface area contributed by atoms with Crippen LogP contribution in [0.1, 0.15) is 40.0 Å². The predicted octanol–water partition coefficient (Wildman–Crippen LogP) is 4.16. The highest BCUT2D eigenvalue weighted by Gasteiger charge is 2.62. The summed E-state index contributed by atoms with van der Waals surface area (Å²) in [6.45, 7) is 11.4. The summed E-state index contributed by atoms with van der Waals surface area (Å²) in [5, 5.41) is 0. The SMILES string of the molecule is CC1(C)C2CCC1(C)C(O[Si](C)(C)Cl)C2. The summed E-state index contributed by atoms with van der Waals surface area (Å²) in [4.78, 5) is 0. The topological polar surface area (TPSA) is 9.23 Å². The Morgan fingerprint density at radius 3 is 2.20 bits per heavy atom. The lowest BCUT2D eigenvalue weighted by molar-refractivity contribution is 0.0275. The van der Waals surface area contributed by atoms with E-state index in [4.69, 9.17) is 15.5 Å². The van der Waals surface area contributed by atoms with Gasteiger partial charge in [-0.2, -0.15) is 0 Å². The van der Waals surface area contributed by atoms with Gasteiger partial charge in [-0.1, -0.05) is 20.8 Å². The lowest BCUT2D eigenvalue weighted by atomic mass is 9.70. The summed E-state index contributed by atoms with van der Waals surface area (Å²) in [6, 6.07) is 0. The molecule has 0 radical (unpaired) electrons. The second-order valence-corrected chi connectivity index (χ2v) is 12.3. The zero-order chi connectivity index (χ0) is 11.5. The number of halogens is 1. The maximum atomic E-state index is 6.32. The van der Waals surface area contributed by atoms with E-state index >= 15 is 0 Å². The molecule has 2 bridgehead atoms. The second-order valence-electron chi connectivity index (χ2n) is 6.58. The number of hydrogen-bond donors (Lipinski definition) is 0. The highest BCUT2D eigenvalue weighted by molar-refractivity contribution is 7.15. The van der Waals surface area contributed by atoms with Gasteiger partial charge < -0.3 is 4.43 Å². The van der Waals surface area contributed by atoms with Crippen molar-refractivity contribution in [3.8, 4) is 0 Å². The Morgan fingerprint density at radius 2 is 1.87 bits per heavy atom. The molecule has 2 saturated carbocycles. The van der Waals surface area contributed by atoms with Gasteiger partial charge in [0.25, 0.3) is 7.63 Å². The van der Waals surface area contributed by atoms with Gasteiger partial charge in [-0.25, -0.2) is 0 Å². The van der Waals surface area contributed by atoms with E-state index in [1.807, 2.05) is 0 Å². The summed E-state index contributed by atoms with van der Waals surface area (Å²) < 4.78 is 6.18. The van der Waals surface area contributed by atoms with Crippen LogP contribution in [0.5, 0.6) is 0 Å². The van der Waals surface area contributed by atoms with Crippen LogP contribution < -0.4 is 0 Å². The largest absolute Gasteiger partial charge is 0.400 e. The van der Waals surface area contributed by atoms with Gasteiger partial charge in [0.1, 0.15) is 0 Å². The van der Waals surface area contributed by atoms with Crippen LogP contribution in [0.3, 0.4) is 0 Å². The van der Waals surface area contributed by atoms with E-state index in [0.29, 0.717) is 16.9 Å². The molecular formula is C12H23ClOSi. The molecule has 0 N–H and O–H groups in total. The van der Waals surface area contributed by atoms with Crippen LogP contribution in [0.15, 0.2) is 0 Å². The fourth-order valence-corrected chi connectivity index (χ4v) is 5.00. The maximum absolute atomic E-state index is 6.32. The van der Waals surface area contributed by atoms with Crippen LogP contribution in [0, 0.1) is 16.7 Å². The molecule has 0 saturated heterocycles. The zero-order valence-corrected chi connectivity index (χ0v) is 12.3. The first-order valence-electron chi connectivity index (χ1n) is 6.03. The molecule has 2 aliphatic rings. The van der Waals surface area contributed by atoms with Gasteiger partial charge in [0, 0.05) is 0 Å². The van der Waals surface area contributed by atoms with Crippen molar-refractivity contribution in [2.45, 2.75) is 59.2 Å². The summed E-state index contributed by atoms with van der Waals surface area (Å²) in [5.41, 5.74) is 0.797. The summed E-state index contributed by atoms with van der Waals surface area (Å²) >= 11 is 6.32. The molecule has 2 fully saturated rings. The van der Waals surface area contributed by atoms with E-state index in [9.17, 15) is 0 Å². The first-order chi connectivity index (χ1) is 6.67. The lowest BCUT2D eigenvalue weighted by Gasteiger charge is -2.40. The van der Waals surface area contributed by atoms with Crippen LogP contribution in [-0.2, 0) is 4.43 Å². The van der Waals surface area contributed by atoms with Crippen molar-refractivity contribution in [1.82, 2.24) is 0 Å². The van der Waals surface area contributed by atoms with Gasteiger partial charge >= 0.3 is 0 Å². The molecule has 2 rings (SSSR count). The molecule has 0 aromatic heterocycles. The van der Waals surface area contributed by atoms with Gasteiger partial charge in [0.05, 0.1) is 6.10 Å². The molecule has 1 nitrogen and oxygen atoms in total. The second kappa shape index (κ2) is 3.24. The molecule has 15 heavy (non-hydrogen) atoms. The van der Waals surface area contributed by atoms with E-state index in [-0.39, 0.29) is 0 Å². The number of rotatable bonds is 2. The van der Waals surface area contributed by atoms with Gasteiger partial charge in [-0.05, 0) is 49.1 Å². The Kier molecular flexibility index (Phi) is 2.58. The van der Waals surface area contributed by atoms with Crippen molar-refractivity contribution < 1.29 is 4.43 Å². The van der Waals surface area contributed by atoms with Crippen molar-refractivity contribution in [1.29, 1.82) is 0 Å². The Balaban J connectivity index is 2.19. The molecule has 3 unspecified atom stereocenters. The Bertz CT molecular complexity index is 271. The Morgan fingerprint density at radius 1 is 1.27 bits per heavy atom. The molecular weight excluding hydrogens is 224 g/mol. The van der Waals surface area contributed by atoms with Crippen molar-refractivity contribution in [2.24, 2.45) is 16.7 Å². The molecule has 88 valence electrons. The van der Waals surface area contributed by atoms with Gasteiger partial charge in [0.15, 0.2) is 0 Å². The highest BCUT2D eigenvalue weighted by Crippen LogP contribution is 2.66. The molecule has 0 heterocycles. The van der Waals surface area contributed by atoms with Crippen LogP contribution in [-0.4, -0.2) is 13.7 Å². The van der Waals surface area contributed by atoms with E-state index < -0.39 is 7.63 Å². The normalized spacial score (nSPS) is 43.6. The quantitative estimate of drug-likeness (QED) is 0.525. The highest BCUT2D eigenvalue weighted by atomic mass is 35.6. The van der Waals surface area contributed by atoms with Crippen LogP contribution in [0.4, 0.5) is 0 Å². The molecule has 0 amide bonds. The molecule has 3 heteroatoms. The first-order valence-corrected chi connectivity index (χ1v) is 9.95.